The van der Waals surface area contributed by atoms with E-state index in [0.717, 1.165) is 24.5 Å². The zero-order valence-corrected chi connectivity index (χ0v) is 10.9. The summed E-state index contributed by atoms with van der Waals surface area (Å²) in [6.45, 7) is 5.05. The first kappa shape index (κ1) is 11.1. The molecule has 0 N–H and O–H groups in total. The molecule has 2 saturated heterocycles. The molecule has 18 heavy (non-hydrogen) atoms. The number of hydrogen-bond acceptors (Lipinski definition) is 3. The van der Waals surface area contributed by atoms with Gasteiger partial charge in [-0.15, -0.1) is 0 Å². The summed E-state index contributed by atoms with van der Waals surface area (Å²) in [6, 6.07) is 3.75. The van der Waals surface area contributed by atoms with Crippen LogP contribution in [0.5, 0.6) is 0 Å². The SMILES string of the molecule is c1cc(CN2CC[C@H]3[C@H]2CCN3CC2CC2)co1. The maximum absolute atomic E-state index is 5.18. The van der Waals surface area contributed by atoms with Crippen molar-refractivity contribution >= 4 is 0 Å². The Balaban J connectivity index is 1.40. The van der Waals surface area contributed by atoms with Crippen LogP contribution in [0, 0.1) is 5.92 Å². The van der Waals surface area contributed by atoms with Crippen LogP contribution in [-0.2, 0) is 6.54 Å². The number of likely N-dealkylation sites (tertiary alicyclic amines) is 2. The molecule has 98 valence electrons. The Kier molecular flexibility index (Phi) is 2.70. The Hall–Kier alpha value is -0.800. The average molecular weight is 246 g/mol. The maximum atomic E-state index is 5.18. The van der Waals surface area contributed by atoms with E-state index in [2.05, 4.69) is 15.9 Å². The first-order chi connectivity index (χ1) is 8.90. The second kappa shape index (κ2) is 4.39. The molecule has 3 fully saturated rings. The molecule has 1 saturated carbocycles. The molecule has 2 aliphatic heterocycles. The highest BCUT2D eigenvalue weighted by Gasteiger charge is 2.43. The van der Waals surface area contributed by atoms with Gasteiger partial charge in [-0.05, 0) is 37.7 Å². The standard InChI is InChI=1S/C15H22N2O/c1-2-12(1)9-16-6-3-15-14(16)4-7-17(15)10-13-5-8-18-11-13/h5,8,11-12,14-15H,1-4,6-7,9-10H2/t14-,15+/m0/s1. The molecule has 1 aromatic rings. The monoisotopic (exact) mass is 246 g/mol. The average Bonchev–Trinajstić information content (AvgIpc) is 2.81. The van der Waals surface area contributed by atoms with Crippen molar-refractivity contribution in [3.63, 3.8) is 0 Å². The summed E-state index contributed by atoms with van der Waals surface area (Å²) in [4.78, 5) is 5.44. The predicted octanol–water partition coefficient (Wildman–Crippen LogP) is 2.34. The molecule has 0 spiro atoms. The lowest BCUT2D eigenvalue weighted by Crippen LogP contribution is -2.37. The highest BCUT2D eigenvalue weighted by molar-refractivity contribution is 5.08. The molecule has 3 aliphatic rings. The Morgan fingerprint density at radius 3 is 2.56 bits per heavy atom. The lowest BCUT2D eigenvalue weighted by molar-refractivity contribution is 0.212. The summed E-state index contributed by atoms with van der Waals surface area (Å²) in [5.74, 6) is 1.03. The largest absolute Gasteiger partial charge is 0.472 e. The Morgan fingerprint density at radius 2 is 1.83 bits per heavy atom. The van der Waals surface area contributed by atoms with E-state index >= 15 is 0 Å². The minimum absolute atomic E-state index is 0.804. The number of fused-ring (bicyclic) bond motifs is 1. The fourth-order valence-electron chi connectivity index (χ4n) is 3.84. The topological polar surface area (TPSA) is 19.6 Å². The van der Waals surface area contributed by atoms with Gasteiger partial charge in [-0.2, -0.15) is 0 Å². The third-order valence-corrected chi connectivity index (χ3v) is 4.96. The minimum atomic E-state index is 0.804. The fraction of sp³-hybridized carbons (Fsp3) is 0.733. The van der Waals surface area contributed by atoms with Gasteiger partial charge in [0.1, 0.15) is 0 Å². The Morgan fingerprint density at radius 1 is 1.06 bits per heavy atom. The lowest BCUT2D eigenvalue weighted by atomic mass is 10.1. The van der Waals surface area contributed by atoms with Gasteiger partial charge in [-0.25, -0.2) is 0 Å². The normalized spacial score (nSPS) is 33.1. The quantitative estimate of drug-likeness (QED) is 0.813. The van der Waals surface area contributed by atoms with Crippen molar-refractivity contribution in [2.75, 3.05) is 19.6 Å². The summed E-state index contributed by atoms with van der Waals surface area (Å²) < 4.78 is 5.18. The van der Waals surface area contributed by atoms with Crippen LogP contribution in [0.1, 0.15) is 31.2 Å². The van der Waals surface area contributed by atoms with Gasteiger partial charge >= 0.3 is 0 Å². The highest BCUT2D eigenvalue weighted by Crippen LogP contribution is 2.37. The molecule has 0 bridgehead atoms. The van der Waals surface area contributed by atoms with E-state index in [9.17, 15) is 0 Å². The summed E-state index contributed by atoms with van der Waals surface area (Å²) >= 11 is 0. The van der Waals surface area contributed by atoms with Crippen molar-refractivity contribution in [1.29, 1.82) is 0 Å². The predicted molar refractivity (Wildman–Crippen MR) is 70.2 cm³/mol. The molecule has 3 heterocycles. The number of furan rings is 1. The molecule has 2 atom stereocenters. The molecule has 3 nitrogen and oxygen atoms in total. The number of rotatable bonds is 4. The molecule has 1 aliphatic carbocycles. The zero-order valence-electron chi connectivity index (χ0n) is 10.9. The minimum Gasteiger partial charge on any atom is -0.472 e. The first-order valence-corrected chi connectivity index (χ1v) is 7.39. The number of hydrogen-bond donors (Lipinski definition) is 0. The molecule has 0 unspecified atom stereocenters. The van der Waals surface area contributed by atoms with Crippen molar-refractivity contribution in [3.05, 3.63) is 24.2 Å². The van der Waals surface area contributed by atoms with Gasteiger partial charge < -0.3 is 4.42 Å². The molecular formula is C15H22N2O. The molecule has 1 aromatic heterocycles. The summed E-state index contributed by atoms with van der Waals surface area (Å²) in [5, 5.41) is 0. The van der Waals surface area contributed by atoms with Crippen LogP contribution in [0.15, 0.2) is 23.0 Å². The van der Waals surface area contributed by atoms with Crippen molar-refractivity contribution in [2.45, 2.75) is 44.3 Å². The van der Waals surface area contributed by atoms with Crippen LogP contribution in [0.25, 0.3) is 0 Å². The van der Waals surface area contributed by atoms with E-state index in [4.69, 9.17) is 4.42 Å². The van der Waals surface area contributed by atoms with Crippen molar-refractivity contribution in [2.24, 2.45) is 5.92 Å². The van der Waals surface area contributed by atoms with Crippen molar-refractivity contribution < 1.29 is 4.42 Å². The lowest BCUT2D eigenvalue weighted by Gasteiger charge is -2.25. The summed E-state index contributed by atoms with van der Waals surface area (Å²) in [5.41, 5.74) is 1.33. The molecule has 3 heteroatoms. The van der Waals surface area contributed by atoms with Gasteiger partial charge in [-0.3, -0.25) is 9.80 Å². The highest BCUT2D eigenvalue weighted by atomic mass is 16.3. The van der Waals surface area contributed by atoms with E-state index in [0.29, 0.717) is 0 Å². The van der Waals surface area contributed by atoms with Gasteiger partial charge in [0.2, 0.25) is 0 Å². The number of nitrogens with zero attached hydrogens (tertiary/aromatic N) is 2. The van der Waals surface area contributed by atoms with Crippen molar-refractivity contribution in [1.82, 2.24) is 9.80 Å². The van der Waals surface area contributed by atoms with Crippen LogP contribution in [0.3, 0.4) is 0 Å². The molecule has 0 radical (unpaired) electrons. The van der Waals surface area contributed by atoms with Gasteiger partial charge in [0.25, 0.3) is 0 Å². The van der Waals surface area contributed by atoms with E-state index < -0.39 is 0 Å². The van der Waals surface area contributed by atoms with Crippen LogP contribution >= 0.6 is 0 Å². The third kappa shape index (κ3) is 1.99. The maximum Gasteiger partial charge on any atom is 0.0947 e. The molecule has 0 amide bonds. The third-order valence-electron chi connectivity index (χ3n) is 4.96. The van der Waals surface area contributed by atoms with Crippen LogP contribution in [0.4, 0.5) is 0 Å². The van der Waals surface area contributed by atoms with Gasteiger partial charge in [-0.1, -0.05) is 0 Å². The van der Waals surface area contributed by atoms with Crippen LogP contribution < -0.4 is 0 Å². The van der Waals surface area contributed by atoms with E-state index in [1.54, 1.807) is 6.26 Å². The van der Waals surface area contributed by atoms with E-state index in [1.165, 1.54) is 50.9 Å². The van der Waals surface area contributed by atoms with E-state index in [-0.39, 0.29) is 0 Å². The molecule has 4 rings (SSSR count). The van der Waals surface area contributed by atoms with Crippen LogP contribution in [-0.4, -0.2) is 41.5 Å². The van der Waals surface area contributed by atoms with Gasteiger partial charge in [0, 0.05) is 43.8 Å². The summed E-state index contributed by atoms with van der Waals surface area (Å²) in [6.07, 6.45) is 9.38. The van der Waals surface area contributed by atoms with Gasteiger partial charge in [0.05, 0.1) is 12.5 Å². The van der Waals surface area contributed by atoms with Gasteiger partial charge in [0.15, 0.2) is 0 Å². The first-order valence-electron chi connectivity index (χ1n) is 7.39. The molecular weight excluding hydrogens is 224 g/mol. The Bertz CT molecular complexity index is 399. The summed E-state index contributed by atoms with van der Waals surface area (Å²) in [7, 11) is 0. The molecule has 0 aromatic carbocycles. The zero-order chi connectivity index (χ0) is 11.9. The van der Waals surface area contributed by atoms with Crippen molar-refractivity contribution in [3.8, 4) is 0 Å². The fourth-order valence-corrected chi connectivity index (χ4v) is 3.84. The Labute approximate surface area is 109 Å². The van der Waals surface area contributed by atoms with Crippen LogP contribution in [0.2, 0.25) is 0 Å². The smallest absolute Gasteiger partial charge is 0.0947 e. The van der Waals surface area contributed by atoms with E-state index in [1.807, 2.05) is 6.26 Å². The second-order valence-electron chi connectivity index (χ2n) is 6.25. The second-order valence-corrected chi connectivity index (χ2v) is 6.25.